The van der Waals surface area contributed by atoms with Crippen molar-refractivity contribution in [2.75, 3.05) is 19.8 Å². The average molecular weight is 267 g/mol. The summed E-state index contributed by atoms with van der Waals surface area (Å²) in [5, 5.41) is 9.20. The third-order valence-corrected chi connectivity index (χ3v) is 3.25. The molecule has 1 aromatic rings. The second-order valence-electron chi connectivity index (χ2n) is 4.61. The van der Waals surface area contributed by atoms with E-state index in [0.29, 0.717) is 37.6 Å². The molecule has 1 N–H and O–H groups in total. The molecule has 0 radical (unpaired) electrons. The van der Waals surface area contributed by atoms with E-state index >= 15 is 0 Å². The number of pyridine rings is 1. The molecule has 19 heavy (non-hydrogen) atoms. The predicted molar refractivity (Wildman–Crippen MR) is 67.7 cm³/mol. The highest BCUT2D eigenvalue weighted by Crippen LogP contribution is 2.13. The summed E-state index contributed by atoms with van der Waals surface area (Å²) in [5.41, 5.74) is 0.893. The highest BCUT2D eigenvalue weighted by molar-refractivity contribution is 5.90. The normalized spacial score (nSPS) is 19.4. The van der Waals surface area contributed by atoms with Crippen molar-refractivity contribution in [3.05, 3.63) is 33.2 Å². The van der Waals surface area contributed by atoms with Crippen molar-refractivity contribution in [3.63, 3.8) is 0 Å². The molecule has 0 saturated carbocycles. The van der Waals surface area contributed by atoms with Crippen LogP contribution in [0, 0.1) is 13.8 Å². The van der Waals surface area contributed by atoms with Crippen LogP contribution < -0.4 is 5.56 Å². The van der Waals surface area contributed by atoms with E-state index in [-0.39, 0.29) is 17.2 Å². The number of hydrogen-bond acceptors (Lipinski definition) is 4. The maximum atomic E-state index is 12.0. The zero-order valence-corrected chi connectivity index (χ0v) is 11.0. The monoisotopic (exact) mass is 267 g/mol. The molecule has 0 amide bonds. The Morgan fingerprint density at radius 3 is 2.79 bits per heavy atom. The van der Waals surface area contributed by atoms with Crippen LogP contribution in [0.2, 0.25) is 0 Å². The smallest absolute Gasteiger partial charge is 0.337 e. The van der Waals surface area contributed by atoms with Gasteiger partial charge < -0.3 is 19.1 Å². The Morgan fingerprint density at radius 1 is 1.47 bits per heavy atom. The summed E-state index contributed by atoms with van der Waals surface area (Å²) in [6, 6.07) is 1.35. The minimum Gasteiger partial charge on any atom is -0.478 e. The number of nitrogens with zero attached hydrogens (tertiary/aromatic N) is 1. The van der Waals surface area contributed by atoms with E-state index in [4.69, 9.17) is 9.47 Å². The Kier molecular flexibility index (Phi) is 4.01. The lowest BCUT2D eigenvalue weighted by molar-refractivity contribution is -0.0940. The number of aryl methyl sites for hydroxylation is 1. The lowest BCUT2D eigenvalue weighted by Gasteiger charge is -2.25. The number of aromatic carboxylic acids is 1. The summed E-state index contributed by atoms with van der Waals surface area (Å²) in [4.78, 5) is 23.2. The Morgan fingerprint density at radius 2 is 2.21 bits per heavy atom. The summed E-state index contributed by atoms with van der Waals surface area (Å²) in [6.07, 6.45) is -0.213. The van der Waals surface area contributed by atoms with Gasteiger partial charge in [0, 0.05) is 11.8 Å². The van der Waals surface area contributed by atoms with Crippen LogP contribution in [0.25, 0.3) is 0 Å². The van der Waals surface area contributed by atoms with Crippen LogP contribution in [-0.2, 0) is 16.0 Å². The van der Waals surface area contributed by atoms with Gasteiger partial charge in [0.15, 0.2) is 0 Å². The fraction of sp³-hybridized carbons (Fsp3) is 0.538. The quantitative estimate of drug-likeness (QED) is 0.866. The average Bonchev–Trinajstić information content (AvgIpc) is 2.35. The highest BCUT2D eigenvalue weighted by Gasteiger charge is 2.20. The Bertz CT molecular complexity index is 543. The lowest BCUT2D eigenvalue weighted by atomic mass is 10.1. The van der Waals surface area contributed by atoms with Crippen LogP contribution in [0.4, 0.5) is 0 Å². The summed E-state index contributed by atoms with van der Waals surface area (Å²) < 4.78 is 12.2. The van der Waals surface area contributed by atoms with Crippen LogP contribution in [-0.4, -0.2) is 41.6 Å². The first-order chi connectivity index (χ1) is 9.00. The second kappa shape index (κ2) is 5.54. The number of carbonyl (C=O) groups is 1. The predicted octanol–water partition coefficient (Wildman–Crippen LogP) is 0.579. The molecule has 0 bridgehead atoms. The topological polar surface area (TPSA) is 77.8 Å². The molecule has 2 rings (SSSR count). The molecular formula is C13H17NO5. The summed E-state index contributed by atoms with van der Waals surface area (Å²) in [5.74, 6) is -1.02. The molecule has 1 atom stereocenters. The van der Waals surface area contributed by atoms with Crippen LogP contribution >= 0.6 is 0 Å². The van der Waals surface area contributed by atoms with E-state index in [1.54, 1.807) is 13.8 Å². The molecule has 1 saturated heterocycles. The van der Waals surface area contributed by atoms with Gasteiger partial charge in [-0.25, -0.2) is 4.79 Å². The SMILES string of the molecule is Cc1cc(=O)n(CC2COCCO2)c(C)c1C(=O)O. The minimum atomic E-state index is -1.02. The van der Waals surface area contributed by atoms with E-state index in [9.17, 15) is 14.7 Å². The van der Waals surface area contributed by atoms with E-state index in [1.807, 2.05) is 0 Å². The number of ether oxygens (including phenoxy) is 2. The first kappa shape index (κ1) is 13.8. The molecule has 0 aromatic carbocycles. The zero-order valence-electron chi connectivity index (χ0n) is 11.0. The summed E-state index contributed by atoms with van der Waals surface area (Å²) in [6.45, 7) is 5.05. The number of carboxylic acids is 1. The van der Waals surface area contributed by atoms with Crippen LogP contribution in [0.5, 0.6) is 0 Å². The van der Waals surface area contributed by atoms with Crippen molar-refractivity contribution in [1.82, 2.24) is 4.57 Å². The van der Waals surface area contributed by atoms with Gasteiger partial charge in [0.05, 0.1) is 38.0 Å². The first-order valence-corrected chi connectivity index (χ1v) is 6.14. The largest absolute Gasteiger partial charge is 0.478 e. The highest BCUT2D eigenvalue weighted by atomic mass is 16.6. The molecule has 6 nitrogen and oxygen atoms in total. The van der Waals surface area contributed by atoms with E-state index < -0.39 is 5.97 Å². The van der Waals surface area contributed by atoms with Gasteiger partial charge in [-0.1, -0.05) is 0 Å². The molecule has 6 heteroatoms. The fourth-order valence-electron chi connectivity index (χ4n) is 2.32. The number of rotatable bonds is 3. The van der Waals surface area contributed by atoms with Crippen LogP contribution in [0.15, 0.2) is 10.9 Å². The van der Waals surface area contributed by atoms with E-state index in [1.165, 1.54) is 10.6 Å². The molecule has 2 heterocycles. The van der Waals surface area contributed by atoms with Gasteiger partial charge in [-0.2, -0.15) is 0 Å². The van der Waals surface area contributed by atoms with Crippen molar-refractivity contribution in [3.8, 4) is 0 Å². The van der Waals surface area contributed by atoms with Gasteiger partial charge in [-0.15, -0.1) is 0 Å². The van der Waals surface area contributed by atoms with Gasteiger partial charge in [-0.05, 0) is 19.4 Å². The molecule has 104 valence electrons. The molecule has 1 aliphatic rings. The van der Waals surface area contributed by atoms with Gasteiger partial charge >= 0.3 is 5.97 Å². The minimum absolute atomic E-state index is 0.177. The Hall–Kier alpha value is -1.66. The first-order valence-electron chi connectivity index (χ1n) is 6.14. The van der Waals surface area contributed by atoms with Crippen molar-refractivity contribution < 1.29 is 19.4 Å². The standard InChI is InChI=1S/C13H17NO5/c1-8-5-11(15)14(9(2)12(8)13(16)17)6-10-7-18-3-4-19-10/h5,10H,3-4,6-7H2,1-2H3,(H,16,17). The molecule has 0 spiro atoms. The number of carboxylic acid groups (broad SMARTS) is 1. The van der Waals surface area contributed by atoms with Gasteiger partial charge in [0.25, 0.3) is 5.56 Å². The van der Waals surface area contributed by atoms with E-state index in [2.05, 4.69) is 0 Å². The molecule has 1 aliphatic heterocycles. The molecule has 1 unspecified atom stereocenters. The third-order valence-electron chi connectivity index (χ3n) is 3.25. The van der Waals surface area contributed by atoms with Crippen molar-refractivity contribution >= 4 is 5.97 Å². The summed E-state index contributed by atoms with van der Waals surface area (Å²) >= 11 is 0. The third kappa shape index (κ3) is 2.85. The van der Waals surface area contributed by atoms with Crippen molar-refractivity contribution in [2.24, 2.45) is 0 Å². The zero-order chi connectivity index (χ0) is 14.0. The lowest BCUT2D eigenvalue weighted by Crippen LogP contribution is -2.37. The second-order valence-corrected chi connectivity index (χ2v) is 4.61. The number of aromatic nitrogens is 1. The van der Waals surface area contributed by atoms with Crippen LogP contribution in [0.1, 0.15) is 21.6 Å². The molecule has 1 fully saturated rings. The van der Waals surface area contributed by atoms with Gasteiger partial charge in [-0.3, -0.25) is 4.79 Å². The molecule has 1 aromatic heterocycles. The van der Waals surface area contributed by atoms with Gasteiger partial charge in [0.1, 0.15) is 0 Å². The van der Waals surface area contributed by atoms with Crippen molar-refractivity contribution in [2.45, 2.75) is 26.5 Å². The Labute approximate surface area is 110 Å². The summed E-state index contributed by atoms with van der Waals surface area (Å²) in [7, 11) is 0. The number of hydrogen-bond donors (Lipinski definition) is 1. The van der Waals surface area contributed by atoms with E-state index in [0.717, 1.165) is 0 Å². The fourth-order valence-corrected chi connectivity index (χ4v) is 2.32. The molecular weight excluding hydrogens is 250 g/mol. The molecule has 0 aliphatic carbocycles. The maximum Gasteiger partial charge on any atom is 0.337 e. The van der Waals surface area contributed by atoms with Gasteiger partial charge in [0.2, 0.25) is 0 Å². The Balaban J connectivity index is 2.36. The van der Waals surface area contributed by atoms with Crippen LogP contribution in [0.3, 0.4) is 0 Å². The maximum absolute atomic E-state index is 12.0. The van der Waals surface area contributed by atoms with Crippen molar-refractivity contribution in [1.29, 1.82) is 0 Å².